The van der Waals surface area contributed by atoms with E-state index in [-0.39, 0.29) is 0 Å². The molecular weight excluding hydrogens is 148 g/mol. The second-order valence-corrected chi connectivity index (χ2v) is 3.21. The van der Waals surface area contributed by atoms with Crippen molar-refractivity contribution in [3.8, 4) is 0 Å². The maximum absolute atomic E-state index is 4.41. The lowest BCUT2D eigenvalue weighted by Gasteiger charge is -2.13. The highest BCUT2D eigenvalue weighted by Crippen LogP contribution is 2.13. The van der Waals surface area contributed by atoms with Crippen LogP contribution in [0.15, 0.2) is 12.1 Å². The van der Waals surface area contributed by atoms with Gasteiger partial charge in [0.1, 0.15) is 0 Å². The molecule has 12 heavy (non-hydrogen) atoms. The van der Waals surface area contributed by atoms with Gasteiger partial charge in [-0.15, -0.1) is 0 Å². The number of hydrogen-bond acceptors (Lipinski definition) is 2. The Morgan fingerprint density at radius 1 is 1.33 bits per heavy atom. The average Bonchev–Trinajstić information content (AvgIpc) is 2.03. The van der Waals surface area contributed by atoms with Crippen LogP contribution >= 0.6 is 0 Å². The van der Waals surface area contributed by atoms with Crippen LogP contribution in [0.1, 0.15) is 18.3 Å². The van der Waals surface area contributed by atoms with Gasteiger partial charge in [-0.2, -0.15) is 0 Å². The third kappa shape index (κ3) is 1.97. The van der Waals surface area contributed by atoms with E-state index < -0.39 is 0 Å². The topological polar surface area (TPSA) is 16.1 Å². The van der Waals surface area contributed by atoms with Crippen LogP contribution in [0.25, 0.3) is 0 Å². The largest absolute Gasteiger partial charge is 0.378 e. The minimum absolute atomic E-state index is 1.00. The van der Waals surface area contributed by atoms with E-state index in [4.69, 9.17) is 0 Å². The van der Waals surface area contributed by atoms with Crippen molar-refractivity contribution in [2.45, 2.75) is 20.3 Å². The first-order valence-corrected chi connectivity index (χ1v) is 4.28. The van der Waals surface area contributed by atoms with E-state index >= 15 is 0 Å². The van der Waals surface area contributed by atoms with Crippen LogP contribution in [0.2, 0.25) is 0 Å². The molecule has 0 saturated carbocycles. The lowest BCUT2D eigenvalue weighted by atomic mass is 10.2. The molecular formula is C10H16N2. The van der Waals surface area contributed by atoms with Gasteiger partial charge in [0.2, 0.25) is 0 Å². The minimum Gasteiger partial charge on any atom is -0.378 e. The van der Waals surface area contributed by atoms with Gasteiger partial charge in [0.15, 0.2) is 0 Å². The van der Waals surface area contributed by atoms with Gasteiger partial charge in [-0.05, 0) is 25.5 Å². The molecule has 2 nitrogen and oxygen atoms in total. The number of hydrogen-bond donors (Lipinski definition) is 0. The quantitative estimate of drug-likeness (QED) is 0.664. The Morgan fingerprint density at radius 3 is 2.50 bits per heavy atom. The second kappa shape index (κ2) is 3.57. The van der Waals surface area contributed by atoms with Crippen molar-refractivity contribution in [2.24, 2.45) is 0 Å². The molecule has 0 aromatic carbocycles. The first kappa shape index (κ1) is 9.04. The number of pyridine rings is 1. The zero-order valence-corrected chi connectivity index (χ0v) is 8.26. The normalized spacial score (nSPS) is 10.0. The summed E-state index contributed by atoms with van der Waals surface area (Å²) in [5.74, 6) is 0. The molecule has 66 valence electrons. The predicted molar refractivity (Wildman–Crippen MR) is 52.7 cm³/mol. The summed E-state index contributed by atoms with van der Waals surface area (Å²) in [4.78, 5) is 6.51. The SMILES string of the molecule is CCc1cc(N(C)C)cc(C)n1. The molecule has 1 aromatic heterocycles. The van der Waals surface area contributed by atoms with Gasteiger partial charge in [0.05, 0.1) is 0 Å². The predicted octanol–water partition coefficient (Wildman–Crippen LogP) is 2.02. The van der Waals surface area contributed by atoms with E-state index in [9.17, 15) is 0 Å². The lowest BCUT2D eigenvalue weighted by molar-refractivity contribution is 0.991. The number of anilines is 1. The van der Waals surface area contributed by atoms with Crippen molar-refractivity contribution >= 4 is 5.69 Å². The van der Waals surface area contributed by atoms with E-state index in [0.717, 1.165) is 12.1 Å². The van der Waals surface area contributed by atoms with Crippen LogP contribution in [-0.4, -0.2) is 19.1 Å². The van der Waals surface area contributed by atoms with E-state index in [2.05, 4.69) is 28.9 Å². The molecule has 1 heterocycles. The Balaban J connectivity index is 3.06. The monoisotopic (exact) mass is 164 g/mol. The maximum atomic E-state index is 4.41. The van der Waals surface area contributed by atoms with Crippen LogP contribution in [0.4, 0.5) is 5.69 Å². The smallest absolute Gasteiger partial charge is 0.0424 e. The summed E-state index contributed by atoms with van der Waals surface area (Å²) in [6.45, 7) is 4.16. The molecule has 0 N–H and O–H groups in total. The standard InChI is InChI=1S/C10H16N2/c1-5-9-7-10(12(3)4)6-8(2)11-9/h6-7H,5H2,1-4H3. The Morgan fingerprint density at radius 2 is 2.00 bits per heavy atom. The third-order valence-electron chi connectivity index (χ3n) is 1.87. The Kier molecular flexibility index (Phi) is 2.69. The van der Waals surface area contributed by atoms with Crippen LogP contribution in [0.5, 0.6) is 0 Å². The first-order chi connectivity index (χ1) is 5.63. The summed E-state index contributed by atoms with van der Waals surface area (Å²) in [6.07, 6.45) is 1.00. The highest BCUT2D eigenvalue weighted by atomic mass is 15.1. The Bertz CT molecular complexity index is 267. The van der Waals surface area contributed by atoms with E-state index in [1.807, 2.05) is 21.0 Å². The maximum Gasteiger partial charge on any atom is 0.0424 e. The summed E-state index contributed by atoms with van der Waals surface area (Å²) < 4.78 is 0. The molecule has 0 amide bonds. The fourth-order valence-electron chi connectivity index (χ4n) is 1.16. The fraction of sp³-hybridized carbons (Fsp3) is 0.500. The van der Waals surface area contributed by atoms with Crippen molar-refractivity contribution < 1.29 is 0 Å². The van der Waals surface area contributed by atoms with Gasteiger partial charge < -0.3 is 4.90 Å². The number of rotatable bonds is 2. The van der Waals surface area contributed by atoms with Crippen LogP contribution in [0.3, 0.4) is 0 Å². The summed E-state index contributed by atoms with van der Waals surface area (Å²) in [5, 5.41) is 0. The van der Waals surface area contributed by atoms with Gasteiger partial charge >= 0.3 is 0 Å². The fourth-order valence-corrected chi connectivity index (χ4v) is 1.16. The number of aromatic nitrogens is 1. The van der Waals surface area contributed by atoms with Gasteiger partial charge in [-0.25, -0.2) is 0 Å². The first-order valence-electron chi connectivity index (χ1n) is 4.28. The third-order valence-corrected chi connectivity index (χ3v) is 1.87. The van der Waals surface area contributed by atoms with Crippen molar-refractivity contribution in [3.05, 3.63) is 23.5 Å². The van der Waals surface area contributed by atoms with Crippen molar-refractivity contribution in [2.75, 3.05) is 19.0 Å². The van der Waals surface area contributed by atoms with Crippen molar-refractivity contribution in [1.82, 2.24) is 4.98 Å². The molecule has 0 radical (unpaired) electrons. The molecule has 0 bridgehead atoms. The molecule has 0 atom stereocenters. The number of aryl methyl sites for hydroxylation is 2. The van der Waals surface area contributed by atoms with E-state index in [0.29, 0.717) is 0 Å². The zero-order chi connectivity index (χ0) is 9.14. The zero-order valence-electron chi connectivity index (χ0n) is 8.26. The molecule has 1 rings (SSSR count). The summed E-state index contributed by atoms with van der Waals surface area (Å²) in [5.41, 5.74) is 3.50. The average molecular weight is 164 g/mol. The summed E-state index contributed by atoms with van der Waals surface area (Å²) in [7, 11) is 4.10. The van der Waals surface area contributed by atoms with Gasteiger partial charge in [-0.1, -0.05) is 6.92 Å². The van der Waals surface area contributed by atoms with Crippen LogP contribution < -0.4 is 4.90 Å². The van der Waals surface area contributed by atoms with Crippen LogP contribution in [-0.2, 0) is 6.42 Å². The van der Waals surface area contributed by atoms with E-state index in [1.54, 1.807) is 0 Å². The summed E-state index contributed by atoms with van der Waals surface area (Å²) >= 11 is 0. The molecule has 2 heteroatoms. The molecule has 0 aliphatic carbocycles. The molecule has 0 unspecified atom stereocenters. The molecule has 0 saturated heterocycles. The van der Waals surface area contributed by atoms with Gasteiger partial charge in [0.25, 0.3) is 0 Å². The van der Waals surface area contributed by atoms with Gasteiger partial charge in [0, 0.05) is 31.2 Å². The molecule has 0 fully saturated rings. The minimum atomic E-state index is 1.00. The molecule has 1 aromatic rings. The second-order valence-electron chi connectivity index (χ2n) is 3.21. The van der Waals surface area contributed by atoms with E-state index in [1.165, 1.54) is 11.4 Å². The summed E-state index contributed by atoms with van der Waals surface area (Å²) in [6, 6.07) is 4.23. The molecule has 0 spiro atoms. The van der Waals surface area contributed by atoms with Gasteiger partial charge in [-0.3, -0.25) is 4.98 Å². The van der Waals surface area contributed by atoms with Crippen molar-refractivity contribution in [1.29, 1.82) is 0 Å². The molecule has 0 aliphatic heterocycles. The molecule has 0 aliphatic rings. The van der Waals surface area contributed by atoms with Crippen molar-refractivity contribution in [3.63, 3.8) is 0 Å². The Labute approximate surface area is 74.2 Å². The Hall–Kier alpha value is -1.05. The highest BCUT2D eigenvalue weighted by Gasteiger charge is 1.99. The number of nitrogens with zero attached hydrogens (tertiary/aromatic N) is 2. The van der Waals surface area contributed by atoms with Crippen LogP contribution in [0, 0.1) is 6.92 Å². The lowest BCUT2D eigenvalue weighted by Crippen LogP contribution is -2.09. The highest BCUT2D eigenvalue weighted by molar-refractivity contribution is 5.46.